The number of anilines is 1. The highest BCUT2D eigenvalue weighted by Gasteiger charge is 2.20. The number of aryl methyl sites for hydroxylation is 1. The Hall–Kier alpha value is -2.34. The molecule has 3 N–H and O–H groups in total. The van der Waals surface area contributed by atoms with Gasteiger partial charge >= 0.3 is 0 Å². The van der Waals surface area contributed by atoms with Crippen LogP contribution in [-0.2, 0) is 6.42 Å². The number of nitriles is 1. The number of rotatable bonds is 3. The maximum atomic E-state index is 9.39. The van der Waals surface area contributed by atoms with E-state index in [-0.39, 0.29) is 0 Å². The second-order valence-electron chi connectivity index (χ2n) is 4.62. The van der Waals surface area contributed by atoms with Gasteiger partial charge < -0.3 is 0 Å². The molecule has 0 aliphatic rings. The van der Waals surface area contributed by atoms with Crippen LogP contribution in [0.15, 0.2) is 30.3 Å². The minimum Gasteiger partial charge on any atom is -0.286 e. The number of benzene rings is 1. The highest BCUT2D eigenvalue weighted by molar-refractivity contribution is 5.77. The van der Waals surface area contributed by atoms with Gasteiger partial charge in [0.25, 0.3) is 5.82 Å². The lowest BCUT2D eigenvalue weighted by atomic mass is 9.92. The molecule has 1 aromatic heterocycles. The van der Waals surface area contributed by atoms with Crippen molar-refractivity contribution in [3.05, 3.63) is 47.2 Å². The number of H-pyrrole nitrogens is 1. The molecule has 0 bridgehead atoms. The molecule has 2 aromatic rings. The molecule has 3 heteroatoms. The van der Waals surface area contributed by atoms with E-state index in [1.165, 1.54) is 5.56 Å². The molecular formula is C16H18N3+. The Labute approximate surface area is 113 Å². The van der Waals surface area contributed by atoms with Crippen LogP contribution in [0.4, 0.5) is 5.82 Å². The van der Waals surface area contributed by atoms with Crippen LogP contribution in [0.3, 0.4) is 0 Å². The van der Waals surface area contributed by atoms with Gasteiger partial charge in [0.2, 0.25) is 0 Å². The molecule has 0 amide bonds. The molecule has 0 radical (unpaired) electrons. The van der Waals surface area contributed by atoms with Crippen LogP contribution in [0.25, 0.3) is 11.1 Å². The van der Waals surface area contributed by atoms with Crippen LogP contribution in [-0.4, -0.2) is 0 Å². The summed E-state index contributed by atoms with van der Waals surface area (Å²) in [5.41, 5.74) is 10.7. The van der Waals surface area contributed by atoms with Crippen LogP contribution < -0.4 is 10.7 Å². The van der Waals surface area contributed by atoms with Gasteiger partial charge in [-0.15, -0.1) is 0 Å². The van der Waals surface area contributed by atoms with E-state index in [1.807, 2.05) is 37.3 Å². The molecule has 0 saturated heterocycles. The van der Waals surface area contributed by atoms with Gasteiger partial charge in [-0.1, -0.05) is 43.7 Å². The van der Waals surface area contributed by atoms with Crippen molar-refractivity contribution >= 4 is 5.82 Å². The summed E-state index contributed by atoms with van der Waals surface area (Å²) in [6.07, 6.45) is 1.96. The number of hydrogen-bond acceptors (Lipinski definition) is 2. The van der Waals surface area contributed by atoms with Gasteiger partial charge in [-0.05, 0) is 18.9 Å². The van der Waals surface area contributed by atoms with E-state index >= 15 is 0 Å². The summed E-state index contributed by atoms with van der Waals surface area (Å²) in [6.45, 7) is 4.14. The maximum Gasteiger partial charge on any atom is 0.289 e. The first-order valence-corrected chi connectivity index (χ1v) is 6.48. The van der Waals surface area contributed by atoms with Crippen LogP contribution in [0.5, 0.6) is 0 Å². The van der Waals surface area contributed by atoms with Crippen molar-refractivity contribution in [3.8, 4) is 17.2 Å². The van der Waals surface area contributed by atoms with Gasteiger partial charge in [0.15, 0.2) is 0 Å². The standard InChI is InChI=1S/C16H17N3/c1-3-7-13-11(2)19-16(18)14(10-17)15(13)12-8-5-4-6-9-12/h4-6,8-9H,3,7H2,1-2H3,(H2,18,19)/p+1. The van der Waals surface area contributed by atoms with E-state index in [9.17, 15) is 5.26 Å². The van der Waals surface area contributed by atoms with Crippen LogP contribution in [0.1, 0.15) is 30.2 Å². The van der Waals surface area contributed by atoms with Gasteiger partial charge in [-0.25, -0.2) is 4.98 Å². The minimum atomic E-state index is 0.443. The van der Waals surface area contributed by atoms with E-state index in [4.69, 9.17) is 5.73 Å². The second-order valence-corrected chi connectivity index (χ2v) is 4.62. The first kappa shape index (κ1) is 13.1. The Morgan fingerprint density at radius 1 is 1.26 bits per heavy atom. The Morgan fingerprint density at radius 2 is 1.95 bits per heavy atom. The molecule has 0 saturated carbocycles. The van der Waals surface area contributed by atoms with Crippen molar-refractivity contribution in [2.45, 2.75) is 26.7 Å². The molecule has 0 fully saturated rings. The summed E-state index contributed by atoms with van der Waals surface area (Å²) in [7, 11) is 0. The van der Waals surface area contributed by atoms with Gasteiger partial charge in [0, 0.05) is 11.1 Å². The summed E-state index contributed by atoms with van der Waals surface area (Å²) in [6, 6.07) is 12.2. The zero-order valence-electron chi connectivity index (χ0n) is 11.3. The Balaban J connectivity index is 2.78. The average Bonchev–Trinajstić information content (AvgIpc) is 2.42. The molecule has 3 nitrogen and oxygen atoms in total. The van der Waals surface area contributed by atoms with Crippen LogP contribution in [0.2, 0.25) is 0 Å². The third-order valence-corrected chi connectivity index (χ3v) is 3.27. The minimum absolute atomic E-state index is 0.443. The first-order valence-electron chi connectivity index (χ1n) is 6.48. The van der Waals surface area contributed by atoms with Crippen LogP contribution in [0, 0.1) is 18.3 Å². The summed E-state index contributed by atoms with van der Waals surface area (Å²) in [5.74, 6) is 0.443. The van der Waals surface area contributed by atoms with Crippen molar-refractivity contribution in [2.75, 3.05) is 5.73 Å². The molecule has 19 heavy (non-hydrogen) atoms. The predicted octanol–water partition coefficient (Wildman–Crippen LogP) is 2.88. The van der Waals surface area contributed by atoms with Gasteiger partial charge in [0.1, 0.15) is 17.3 Å². The van der Waals surface area contributed by atoms with E-state index in [2.05, 4.69) is 18.0 Å². The number of nitrogens with two attached hydrogens (primary N) is 1. The molecule has 0 spiro atoms. The SMILES string of the molecule is CCCc1c(C)[nH+]c(N)c(C#N)c1-c1ccccc1. The Kier molecular flexibility index (Phi) is 3.82. The monoisotopic (exact) mass is 252 g/mol. The van der Waals surface area contributed by atoms with E-state index in [1.54, 1.807) is 0 Å². The average molecular weight is 252 g/mol. The molecule has 0 aliphatic carbocycles. The quantitative estimate of drug-likeness (QED) is 0.912. The Morgan fingerprint density at radius 3 is 2.53 bits per heavy atom. The predicted molar refractivity (Wildman–Crippen MR) is 76.3 cm³/mol. The van der Waals surface area contributed by atoms with Crippen molar-refractivity contribution in [1.29, 1.82) is 5.26 Å². The lowest BCUT2D eigenvalue weighted by Gasteiger charge is -2.12. The van der Waals surface area contributed by atoms with E-state index in [0.29, 0.717) is 11.4 Å². The van der Waals surface area contributed by atoms with Gasteiger partial charge in [-0.2, -0.15) is 5.26 Å². The third-order valence-electron chi connectivity index (χ3n) is 3.27. The van der Waals surface area contributed by atoms with Crippen molar-refractivity contribution in [3.63, 3.8) is 0 Å². The number of nitrogen functional groups attached to an aromatic ring is 1. The second kappa shape index (κ2) is 5.53. The zero-order chi connectivity index (χ0) is 13.8. The molecule has 0 unspecified atom stereocenters. The number of nitrogens with zero attached hydrogens (tertiary/aromatic N) is 1. The fraction of sp³-hybridized carbons (Fsp3) is 0.250. The van der Waals surface area contributed by atoms with E-state index in [0.717, 1.165) is 29.7 Å². The third kappa shape index (κ3) is 2.43. The first-order chi connectivity index (χ1) is 9.19. The van der Waals surface area contributed by atoms with Crippen molar-refractivity contribution in [2.24, 2.45) is 0 Å². The summed E-state index contributed by atoms with van der Waals surface area (Å²) in [5, 5.41) is 9.39. The topological polar surface area (TPSA) is 63.9 Å². The van der Waals surface area contributed by atoms with Gasteiger partial charge in [-0.3, -0.25) is 5.73 Å². The number of nitrogens with one attached hydrogen (secondary N) is 1. The summed E-state index contributed by atoms with van der Waals surface area (Å²) in [4.78, 5) is 3.11. The highest BCUT2D eigenvalue weighted by atomic mass is 14.8. The molecule has 1 heterocycles. The fourth-order valence-corrected chi connectivity index (χ4v) is 2.42. The number of hydrogen-bond donors (Lipinski definition) is 1. The molecular weight excluding hydrogens is 234 g/mol. The zero-order valence-corrected chi connectivity index (χ0v) is 11.3. The lowest BCUT2D eigenvalue weighted by Crippen LogP contribution is -2.20. The lowest BCUT2D eigenvalue weighted by molar-refractivity contribution is -0.371. The van der Waals surface area contributed by atoms with Crippen molar-refractivity contribution in [1.82, 2.24) is 0 Å². The molecule has 0 aliphatic heterocycles. The highest BCUT2D eigenvalue weighted by Crippen LogP contribution is 2.31. The van der Waals surface area contributed by atoms with Crippen LogP contribution >= 0.6 is 0 Å². The van der Waals surface area contributed by atoms with Crippen molar-refractivity contribution < 1.29 is 4.98 Å². The summed E-state index contributed by atoms with van der Waals surface area (Å²) >= 11 is 0. The summed E-state index contributed by atoms with van der Waals surface area (Å²) < 4.78 is 0. The van der Waals surface area contributed by atoms with Gasteiger partial charge in [0.05, 0.1) is 0 Å². The molecule has 0 atom stereocenters. The molecule has 1 aromatic carbocycles. The Bertz CT molecular complexity index is 625. The number of pyridine rings is 1. The molecule has 2 rings (SSSR count). The van der Waals surface area contributed by atoms with E-state index < -0.39 is 0 Å². The fourth-order valence-electron chi connectivity index (χ4n) is 2.42. The normalized spacial score (nSPS) is 10.2. The largest absolute Gasteiger partial charge is 0.289 e. The molecule has 96 valence electrons. The smallest absolute Gasteiger partial charge is 0.286 e. The number of aromatic amines is 1. The number of aromatic nitrogens is 1. The maximum absolute atomic E-state index is 9.39.